The maximum absolute atomic E-state index is 14.7. The molecule has 0 radical (unpaired) electrons. The quantitative estimate of drug-likeness (QED) is 0.100. The van der Waals surface area contributed by atoms with Crippen LogP contribution in [0, 0.1) is 13.8 Å². The molecule has 3 fully saturated rings. The summed E-state index contributed by atoms with van der Waals surface area (Å²) < 4.78 is 94.6. The highest BCUT2D eigenvalue weighted by Crippen LogP contribution is 2.38. The first-order valence-corrected chi connectivity index (χ1v) is 23.1. The molecule has 2 amide bonds. The Kier molecular flexibility index (Phi) is 13.4. The molecule has 0 spiro atoms. The van der Waals surface area contributed by atoms with Gasteiger partial charge in [0.2, 0.25) is 24.1 Å². The number of rotatable bonds is 12. The van der Waals surface area contributed by atoms with E-state index in [1.54, 1.807) is 50.2 Å². The lowest BCUT2D eigenvalue weighted by molar-refractivity contribution is -0.138. The Morgan fingerprint density at radius 2 is 1.20 bits per heavy atom. The van der Waals surface area contributed by atoms with Gasteiger partial charge in [-0.2, -0.15) is 26.3 Å². The minimum atomic E-state index is -4.80. The molecular weight excluding hydrogens is 965 g/mol. The molecule has 0 saturated carbocycles. The fourth-order valence-corrected chi connectivity index (χ4v) is 9.55. The summed E-state index contributed by atoms with van der Waals surface area (Å²) in [6.45, 7) is 6.68. The van der Waals surface area contributed by atoms with Gasteiger partial charge in [-0.25, -0.2) is 19.9 Å². The van der Waals surface area contributed by atoms with Gasteiger partial charge in [-0.15, -0.1) is 0 Å². The number of aryl methyl sites for hydroxylation is 2. The molecule has 2 aromatic heterocycles. The van der Waals surface area contributed by atoms with E-state index in [0.717, 1.165) is 57.6 Å². The number of alkyl halides is 6. The van der Waals surface area contributed by atoms with Crippen LogP contribution >= 0.6 is 23.2 Å². The number of piperazine rings is 1. The number of nitrogens with zero attached hydrogens (tertiary/aromatic N) is 7. The number of carbonyl (C=O) groups is 2. The van der Waals surface area contributed by atoms with Gasteiger partial charge in [-0.1, -0.05) is 23.2 Å². The van der Waals surface area contributed by atoms with Crippen molar-refractivity contribution in [1.82, 2.24) is 30.2 Å². The largest absolute Gasteiger partial charge is 0.474 e. The fourth-order valence-electron chi connectivity index (χ4n) is 9.10. The fraction of sp³-hybridized carbons (Fsp3) is 0.375. The van der Waals surface area contributed by atoms with Crippen molar-refractivity contribution in [2.75, 3.05) is 60.7 Å². The molecule has 3 aliphatic rings. The maximum atomic E-state index is 14.7. The van der Waals surface area contributed by atoms with Gasteiger partial charge in [-0.05, 0) is 120 Å². The summed E-state index contributed by atoms with van der Waals surface area (Å²) in [5.74, 6) is -1.94. The highest BCUT2D eigenvalue weighted by Gasteiger charge is 2.42. The van der Waals surface area contributed by atoms with E-state index in [1.807, 2.05) is 0 Å². The number of anilines is 4. The highest BCUT2D eigenvalue weighted by molar-refractivity contribution is 6.32. The van der Waals surface area contributed by atoms with Crippen LogP contribution in [0.4, 0.5) is 49.6 Å². The Balaban J connectivity index is 1.06. The van der Waals surface area contributed by atoms with Crippen molar-refractivity contribution in [3.63, 3.8) is 0 Å². The van der Waals surface area contributed by atoms with Gasteiger partial charge in [0.1, 0.15) is 11.5 Å². The molecule has 4 aromatic carbocycles. The topological polar surface area (TPSA) is 150 Å². The van der Waals surface area contributed by atoms with Crippen LogP contribution < -0.4 is 35.2 Å². The van der Waals surface area contributed by atoms with E-state index in [9.17, 15) is 35.9 Å². The van der Waals surface area contributed by atoms with E-state index in [-0.39, 0.29) is 17.4 Å². The van der Waals surface area contributed by atoms with E-state index < -0.39 is 69.0 Å². The maximum Gasteiger partial charge on any atom is 0.416 e. The number of hydrogen-bond donors (Lipinski definition) is 3. The average molecular weight is 1010 g/mol. The van der Waals surface area contributed by atoms with E-state index in [1.165, 1.54) is 0 Å². The third kappa shape index (κ3) is 10.3. The number of nitrogens with one attached hydrogen (secondary N) is 3. The molecule has 2 bridgehead atoms. The number of hydrogen-bond acceptors (Lipinski definition) is 12. The molecule has 9 rings (SSSR count). The molecular formula is C48H46Cl2F6N10O4. The molecule has 4 atom stereocenters. The molecule has 368 valence electrons. The van der Waals surface area contributed by atoms with Crippen LogP contribution in [0.2, 0.25) is 10.0 Å². The Bertz CT molecular complexity index is 2990. The van der Waals surface area contributed by atoms with Crippen LogP contribution in [0.25, 0.3) is 21.8 Å². The Morgan fingerprint density at radius 3 is 1.63 bits per heavy atom. The zero-order valence-corrected chi connectivity index (χ0v) is 39.6. The second kappa shape index (κ2) is 19.2. The molecule has 6 aromatic rings. The van der Waals surface area contributed by atoms with Gasteiger partial charge < -0.3 is 40.1 Å². The molecule has 0 aliphatic carbocycles. The van der Waals surface area contributed by atoms with E-state index in [2.05, 4.69) is 44.7 Å². The highest BCUT2D eigenvalue weighted by atomic mass is 35.5. The number of benzene rings is 4. The molecule has 3 N–H and O–H groups in total. The van der Waals surface area contributed by atoms with E-state index in [0.29, 0.717) is 81.4 Å². The number of carbonyl (C=O) groups excluding carboxylic acids is 2. The van der Waals surface area contributed by atoms with Crippen molar-refractivity contribution in [2.24, 2.45) is 0 Å². The lowest BCUT2D eigenvalue weighted by Gasteiger charge is -2.35. The average Bonchev–Trinajstić information content (AvgIpc) is 3.95. The monoisotopic (exact) mass is 1010 g/mol. The van der Waals surface area contributed by atoms with Crippen molar-refractivity contribution < 1.29 is 45.4 Å². The smallest absolute Gasteiger partial charge is 0.416 e. The van der Waals surface area contributed by atoms with Crippen LogP contribution in [0.3, 0.4) is 0 Å². The van der Waals surface area contributed by atoms with E-state index >= 15 is 0 Å². The van der Waals surface area contributed by atoms with Crippen LogP contribution in [0.1, 0.15) is 41.8 Å². The second-order valence-corrected chi connectivity index (χ2v) is 18.7. The first-order chi connectivity index (χ1) is 33.2. The van der Waals surface area contributed by atoms with Gasteiger partial charge in [0, 0.05) is 66.5 Å². The lowest BCUT2D eigenvalue weighted by Crippen LogP contribution is -2.51. The summed E-state index contributed by atoms with van der Waals surface area (Å²) in [6, 6.07) is 14.9. The van der Waals surface area contributed by atoms with Gasteiger partial charge in [0.15, 0.2) is 0 Å². The van der Waals surface area contributed by atoms with Crippen molar-refractivity contribution in [1.29, 1.82) is 0 Å². The normalized spacial score (nSPS) is 18.4. The van der Waals surface area contributed by atoms with Crippen molar-refractivity contribution in [3.8, 4) is 11.5 Å². The molecule has 14 nitrogen and oxygen atoms in total. The third-order valence-corrected chi connectivity index (χ3v) is 13.5. The summed E-state index contributed by atoms with van der Waals surface area (Å²) >= 11 is 12.7. The van der Waals surface area contributed by atoms with Gasteiger partial charge in [-0.3, -0.25) is 9.59 Å². The molecule has 3 saturated heterocycles. The third-order valence-electron chi connectivity index (χ3n) is 12.9. The van der Waals surface area contributed by atoms with Crippen molar-refractivity contribution in [2.45, 2.75) is 75.8 Å². The number of piperidine rings is 1. The number of halogens is 8. The number of fused-ring (bicyclic) bond motifs is 4. The lowest BCUT2D eigenvalue weighted by atomic mass is 10.0. The van der Waals surface area contributed by atoms with Crippen LogP contribution in [0.5, 0.6) is 11.5 Å². The molecule has 5 heterocycles. The van der Waals surface area contributed by atoms with Gasteiger partial charge in [0.05, 0.1) is 43.6 Å². The van der Waals surface area contributed by atoms with Crippen molar-refractivity contribution in [3.05, 3.63) is 105 Å². The molecule has 70 heavy (non-hydrogen) atoms. The number of amides is 2. The first kappa shape index (κ1) is 48.8. The van der Waals surface area contributed by atoms with Gasteiger partial charge in [0.25, 0.3) is 11.8 Å². The predicted octanol–water partition coefficient (Wildman–Crippen LogP) is 9.09. The van der Waals surface area contributed by atoms with E-state index in [4.69, 9.17) is 52.6 Å². The standard InChI is InChI=1S/C48H46Cl2F6N10O4/c1-24-33-20-28(7-9-37(33)62-45(58-24)65-15-13-31(14-16-65)64(3)4)60-43(67)41(69-39-11-5-26(17-35(39)49)47(51,52)53)42(70-40-12-6-27(18-36(40)50)48(54,55)56)44(68)61-29-8-10-38-34(21-29)25(2)59-46(63-38)66-23-30-19-32(66)22-57-30/h5-12,17-18,20-21,30-32,41-42,57H,13-16,19,22-23H2,1-4H3,(H,60,67)(H,61,68). The summed E-state index contributed by atoms with van der Waals surface area (Å²) in [6.07, 6.45) is -11.0. The zero-order chi connectivity index (χ0) is 49.8. The minimum absolute atomic E-state index is 0.171. The number of ether oxygens (including phenoxy) is 2. The van der Waals surface area contributed by atoms with Crippen LogP contribution in [-0.2, 0) is 21.9 Å². The molecule has 4 unspecified atom stereocenters. The van der Waals surface area contributed by atoms with Crippen molar-refractivity contribution >= 4 is 80.1 Å². The molecule has 22 heteroatoms. The van der Waals surface area contributed by atoms with Crippen LogP contribution in [0.15, 0.2) is 72.8 Å². The SMILES string of the molecule is Cc1nc(N2CCC(N(C)C)CC2)nc2ccc(NC(=O)C(Oc3ccc(C(F)(F)F)cc3Cl)C(Oc3ccc(C(F)(F)F)cc3Cl)C(=O)Nc3ccc4nc(N5CC6CC5CN6)nc(C)c4c3)cc12. The summed E-state index contributed by atoms with van der Waals surface area (Å²) in [7, 11) is 4.10. The minimum Gasteiger partial charge on any atom is -0.474 e. The zero-order valence-electron chi connectivity index (χ0n) is 38.1. The second-order valence-electron chi connectivity index (χ2n) is 17.9. The molecule has 3 aliphatic heterocycles. The number of aromatic nitrogens is 4. The Hall–Kier alpha value is -6.22. The summed E-state index contributed by atoms with van der Waals surface area (Å²) in [4.78, 5) is 55.0. The first-order valence-electron chi connectivity index (χ1n) is 22.3. The summed E-state index contributed by atoms with van der Waals surface area (Å²) in [5, 5.41) is 8.85. The van der Waals surface area contributed by atoms with Gasteiger partial charge >= 0.3 is 12.4 Å². The predicted molar refractivity (Wildman–Crippen MR) is 254 cm³/mol. The summed E-state index contributed by atoms with van der Waals surface area (Å²) in [5.41, 5.74) is 0.438. The van der Waals surface area contributed by atoms with Crippen LogP contribution in [-0.4, -0.2) is 107 Å². The Morgan fingerprint density at radius 1 is 0.714 bits per heavy atom. The Labute approximate surface area is 407 Å².